The third-order valence-electron chi connectivity index (χ3n) is 0.841. The van der Waals surface area contributed by atoms with Gasteiger partial charge in [-0.15, -0.1) is 0 Å². The number of carbonyl (C=O) groups is 1. The van der Waals surface area contributed by atoms with Crippen molar-refractivity contribution in [1.82, 2.24) is 0 Å². The molecule has 0 radical (unpaired) electrons. The summed E-state index contributed by atoms with van der Waals surface area (Å²) in [6.45, 7) is 3.74. The van der Waals surface area contributed by atoms with Gasteiger partial charge in [0.1, 0.15) is 0 Å². The molecule has 0 amide bonds. The van der Waals surface area contributed by atoms with Crippen LogP contribution in [0.3, 0.4) is 0 Å². The molecule has 0 bridgehead atoms. The van der Waals surface area contributed by atoms with Crippen molar-refractivity contribution in [1.29, 1.82) is 0 Å². The van der Waals surface area contributed by atoms with Crippen molar-refractivity contribution in [3.05, 3.63) is 9.66 Å². The zero-order valence-corrected chi connectivity index (χ0v) is 7.23. The van der Waals surface area contributed by atoms with Gasteiger partial charge < -0.3 is 0 Å². The lowest BCUT2D eigenvalue weighted by Gasteiger charge is -1.88. The van der Waals surface area contributed by atoms with Crippen LogP contribution in [0.25, 0.3) is 0 Å². The molecular formula is C6H9IO. The van der Waals surface area contributed by atoms with Crippen molar-refractivity contribution in [2.45, 2.75) is 20.3 Å². The first-order valence-electron chi connectivity index (χ1n) is 2.57. The molecule has 0 aliphatic rings. The summed E-state index contributed by atoms with van der Waals surface area (Å²) in [4.78, 5) is 10.7. The first kappa shape index (κ1) is 8.14. The van der Waals surface area contributed by atoms with E-state index in [1.807, 2.05) is 42.5 Å². The van der Waals surface area contributed by atoms with Crippen LogP contribution in [-0.4, -0.2) is 5.78 Å². The lowest BCUT2D eigenvalue weighted by atomic mass is 10.3. The predicted molar refractivity (Wildman–Crippen MR) is 43.1 cm³/mol. The summed E-state index contributed by atoms with van der Waals surface area (Å²) in [7, 11) is 0. The van der Waals surface area contributed by atoms with Gasteiger partial charge in [0, 0.05) is 6.42 Å². The summed E-state index contributed by atoms with van der Waals surface area (Å²) in [5, 5.41) is 0. The fourth-order valence-corrected chi connectivity index (χ4v) is 0.711. The number of Topliss-reactive ketones (excluding diaryl/α,β-unsaturated/α-hetero) is 1. The van der Waals surface area contributed by atoms with Gasteiger partial charge in [-0.2, -0.15) is 0 Å². The van der Waals surface area contributed by atoms with Gasteiger partial charge in [0.15, 0.2) is 5.78 Å². The Morgan fingerprint density at radius 3 is 2.38 bits per heavy atom. The predicted octanol–water partition coefficient (Wildman–Crippen LogP) is 2.30. The molecule has 0 N–H and O–H groups in total. The van der Waals surface area contributed by atoms with Crippen LogP contribution in [0, 0.1) is 0 Å². The molecule has 2 heteroatoms. The molecule has 0 fully saturated rings. The van der Waals surface area contributed by atoms with Crippen LogP contribution in [0.4, 0.5) is 0 Å². The molecule has 0 aliphatic carbocycles. The molecule has 0 saturated carbocycles. The first-order chi connectivity index (χ1) is 3.72. The number of hydrogen-bond donors (Lipinski definition) is 0. The molecule has 0 rings (SSSR count). The number of halogens is 1. The fraction of sp³-hybridized carbons (Fsp3) is 0.500. The zero-order chi connectivity index (χ0) is 6.57. The molecule has 46 valence electrons. The van der Waals surface area contributed by atoms with Gasteiger partial charge in [-0.3, -0.25) is 4.79 Å². The van der Waals surface area contributed by atoms with Crippen molar-refractivity contribution < 1.29 is 4.79 Å². The Morgan fingerprint density at radius 1 is 1.75 bits per heavy atom. The molecule has 0 saturated heterocycles. The average molecular weight is 224 g/mol. The summed E-state index contributed by atoms with van der Waals surface area (Å²) in [6.07, 6.45) is 2.44. The third kappa shape index (κ3) is 2.45. The van der Waals surface area contributed by atoms with Gasteiger partial charge in [0.05, 0.1) is 3.58 Å². The Labute approximate surface area is 63.3 Å². The zero-order valence-electron chi connectivity index (χ0n) is 5.07. The molecule has 0 atom stereocenters. The van der Waals surface area contributed by atoms with Crippen LogP contribution >= 0.6 is 22.6 Å². The van der Waals surface area contributed by atoms with Crippen molar-refractivity contribution in [3.8, 4) is 0 Å². The highest BCUT2D eigenvalue weighted by atomic mass is 127. The Hall–Kier alpha value is 0.140. The van der Waals surface area contributed by atoms with E-state index in [-0.39, 0.29) is 5.78 Å². The number of allylic oxidation sites excluding steroid dienone is 2. The summed E-state index contributed by atoms with van der Waals surface area (Å²) in [6, 6.07) is 0. The molecular weight excluding hydrogens is 215 g/mol. The Balaban J connectivity index is 3.83. The third-order valence-corrected chi connectivity index (χ3v) is 2.07. The van der Waals surface area contributed by atoms with E-state index in [9.17, 15) is 4.79 Å². The van der Waals surface area contributed by atoms with Gasteiger partial charge in [-0.1, -0.05) is 13.0 Å². The Morgan fingerprint density at radius 2 is 2.25 bits per heavy atom. The number of hydrogen-bond acceptors (Lipinski definition) is 1. The van der Waals surface area contributed by atoms with Crippen molar-refractivity contribution in [3.63, 3.8) is 0 Å². The number of rotatable bonds is 2. The van der Waals surface area contributed by atoms with Gasteiger partial charge in [0.2, 0.25) is 0 Å². The quantitative estimate of drug-likeness (QED) is 0.519. The van der Waals surface area contributed by atoms with Crippen molar-refractivity contribution in [2.24, 2.45) is 0 Å². The summed E-state index contributed by atoms with van der Waals surface area (Å²) in [5.41, 5.74) is 0. The minimum absolute atomic E-state index is 0.230. The lowest BCUT2D eigenvalue weighted by Crippen LogP contribution is -1.91. The van der Waals surface area contributed by atoms with Gasteiger partial charge in [-0.25, -0.2) is 0 Å². The summed E-state index contributed by atoms with van der Waals surface area (Å²) < 4.78 is 0.838. The SMILES string of the molecule is C/C=C(/I)C(=O)CC. The van der Waals surface area contributed by atoms with Crippen LogP contribution in [-0.2, 0) is 4.79 Å². The van der Waals surface area contributed by atoms with Crippen molar-refractivity contribution in [2.75, 3.05) is 0 Å². The van der Waals surface area contributed by atoms with E-state index in [0.717, 1.165) is 3.58 Å². The number of carbonyl (C=O) groups excluding carboxylic acids is 1. The second-order valence-corrected chi connectivity index (χ2v) is 2.58. The molecule has 0 aliphatic heterocycles. The van der Waals surface area contributed by atoms with Crippen LogP contribution in [0.1, 0.15) is 20.3 Å². The van der Waals surface area contributed by atoms with Gasteiger partial charge in [0.25, 0.3) is 0 Å². The normalized spacial score (nSPS) is 11.6. The summed E-state index contributed by atoms with van der Waals surface area (Å²) >= 11 is 2.04. The molecule has 0 aromatic rings. The Kier molecular flexibility index (Phi) is 4.13. The standard InChI is InChI=1S/C6H9IO/c1-3-5(7)6(8)4-2/h3H,4H2,1-2H3/b5-3+. The number of ketones is 1. The van der Waals surface area contributed by atoms with E-state index in [4.69, 9.17) is 0 Å². The highest BCUT2D eigenvalue weighted by molar-refractivity contribution is 14.1. The molecule has 1 nitrogen and oxygen atoms in total. The first-order valence-corrected chi connectivity index (χ1v) is 3.65. The smallest absolute Gasteiger partial charge is 0.168 e. The molecule has 0 heterocycles. The second-order valence-electron chi connectivity index (χ2n) is 1.41. The van der Waals surface area contributed by atoms with E-state index in [1.165, 1.54) is 0 Å². The van der Waals surface area contributed by atoms with Crippen LogP contribution in [0.5, 0.6) is 0 Å². The van der Waals surface area contributed by atoms with Crippen LogP contribution in [0.15, 0.2) is 9.66 Å². The maximum atomic E-state index is 10.7. The van der Waals surface area contributed by atoms with E-state index < -0.39 is 0 Å². The maximum Gasteiger partial charge on any atom is 0.168 e. The average Bonchev–Trinajstić information content (AvgIpc) is 1.84. The van der Waals surface area contributed by atoms with E-state index >= 15 is 0 Å². The largest absolute Gasteiger partial charge is 0.294 e. The summed E-state index contributed by atoms with van der Waals surface area (Å²) in [5.74, 6) is 0.230. The monoisotopic (exact) mass is 224 g/mol. The minimum Gasteiger partial charge on any atom is -0.294 e. The highest BCUT2D eigenvalue weighted by Crippen LogP contribution is 2.07. The van der Waals surface area contributed by atoms with Crippen LogP contribution in [0.2, 0.25) is 0 Å². The molecule has 8 heavy (non-hydrogen) atoms. The van der Waals surface area contributed by atoms with E-state index in [2.05, 4.69) is 0 Å². The topological polar surface area (TPSA) is 17.1 Å². The molecule has 0 unspecified atom stereocenters. The lowest BCUT2D eigenvalue weighted by molar-refractivity contribution is -0.114. The van der Waals surface area contributed by atoms with Gasteiger partial charge >= 0.3 is 0 Å². The van der Waals surface area contributed by atoms with Gasteiger partial charge in [-0.05, 0) is 29.5 Å². The van der Waals surface area contributed by atoms with E-state index in [1.54, 1.807) is 0 Å². The van der Waals surface area contributed by atoms with Crippen LogP contribution < -0.4 is 0 Å². The van der Waals surface area contributed by atoms with Crippen molar-refractivity contribution >= 4 is 28.4 Å². The maximum absolute atomic E-state index is 10.7. The van der Waals surface area contributed by atoms with E-state index in [0.29, 0.717) is 6.42 Å². The molecule has 0 aromatic carbocycles. The minimum atomic E-state index is 0.230. The second kappa shape index (κ2) is 4.06. The molecule has 0 aromatic heterocycles. The fourth-order valence-electron chi connectivity index (χ4n) is 0.330. The molecule has 0 spiro atoms. The highest BCUT2D eigenvalue weighted by Gasteiger charge is 1.98. The Bertz CT molecular complexity index is 116.